The first-order valence-corrected chi connectivity index (χ1v) is 9.20. The number of carbonyl (C=O) groups excluding carboxylic acids is 1. The summed E-state index contributed by atoms with van der Waals surface area (Å²) in [6, 6.07) is 19.9. The van der Waals surface area contributed by atoms with Crippen molar-refractivity contribution in [1.82, 2.24) is 4.72 Å². The molecule has 0 aliphatic rings. The molecule has 0 saturated carbocycles. The number of rotatable bonds is 6. The minimum Gasteiger partial charge on any atom is -0.550 e. The summed E-state index contributed by atoms with van der Waals surface area (Å²) in [4.78, 5) is 11.1. The fraction of sp³-hybridized carbons (Fsp3) is 0.105. The maximum absolute atomic E-state index is 12.7. The smallest absolute Gasteiger partial charge is 0.241 e. The molecular weight excluding hydrogens is 338 g/mol. The lowest BCUT2D eigenvalue weighted by Crippen LogP contribution is -2.34. The number of hydrogen-bond acceptors (Lipinski definition) is 4. The molecule has 0 spiro atoms. The van der Waals surface area contributed by atoms with Crippen molar-refractivity contribution in [2.75, 3.05) is 0 Å². The largest absolute Gasteiger partial charge is 0.550 e. The van der Waals surface area contributed by atoms with Crippen molar-refractivity contribution in [3.05, 3.63) is 78.4 Å². The number of carboxylic acid groups (broad SMARTS) is 1. The van der Waals surface area contributed by atoms with Crippen molar-refractivity contribution < 1.29 is 18.3 Å². The lowest BCUT2D eigenvalue weighted by atomic mass is 10.1. The Morgan fingerprint density at radius 2 is 1.56 bits per heavy atom. The number of carbonyl (C=O) groups is 1. The highest BCUT2D eigenvalue weighted by atomic mass is 32.2. The van der Waals surface area contributed by atoms with E-state index < -0.39 is 28.5 Å². The zero-order valence-electron chi connectivity index (χ0n) is 13.3. The Hall–Kier alpha value is -2.70. The topological polar surface area (TPSA) is 86.3 Å². The first-order valence-electron chi connectivity index (χ1n) is 7.72. The van der Waals surface area contributed by atoms with Crippen LogP contribution in [0.5, 0.6) is 0 Å². The van der Waals surface area contributed by atoms with E-state index in [1.807, 2.05) is 24.3 Å². The molecule has 0 amide bonds. The lowest BCUT2D eigenvalue weighted by Gasteiger charge is -2.20. The zero-order chi connectivity index (χ0) is 17.9. The predicted octanol–water partition coefficient (Wildman–Crippen LogP) is 2.00. The van der Waals surface area contributed by atoms with Crippen LogP contribution in [-0.4, -0.2) is 14.4 Å². The second-order valence-electron chi connectivity index (χ2n) is 5.67. The van der Waals surface area contributed by atoms with Crippen molar-refractivity contribution in [1.29, 1.82) is 0 Å². The molecular formula is C19H16NO4S-. The summed E-state index contributed by atoms with van der Waals surface area (Å²) in [5.41, 5.74) is 0.566. The van der Waals surface area contributed by atoms with Crippen LogP contribution in [0.2, 0.25) is 0 Å². The molecule has 1 atom stereocenters. The van der Waals surface area contributed by atoms with Gasteiger partial charge in [0, 0.05) is 12.4 Å². The van der Waals surface area contributed by atoms with Crippen molar-refractivity contribution in [2.45, 2.75) is 17.4 Å². The van der Waals surface area contributed by atoms with Crippen molar-refractivity contribution >= 4 is 26.8 Å². The first-order chi connectivity index (χ1) is 12.0. The van der Waals surface area contributed by atoms with Crippen LogP contribution in [0, 0.1) is 0 Å². The Labute approximate surface area is 146 Å². The molecule has 3 rings (SSSR count). The number of hydrogen-bond donors (Lipinski definition) is 1. The van der Waals surface area contributed by atoms with Crippen LogP contribution in [0.3, 0.4) is 0 Å². The highest BCUT2D eigenvalue weighted by Crippen LogP contribution is 2.23. The van der Waals surface area contributed by atoms with Gasteiger partial charge in [-0.1, -0.05) is 60.7 Å². The normalized spacial score (nSPS) is 12.8. The summed E-state index contributed by atoms with van der Waals surface area (Å²) in [6.07, 6.45) is -0.448. The van der Waals surface area contributed by atoms with E-state index in [9.17, 15) is 18.3 Å². The molecule has 5 nitrogen and oxygen atoms in total. The second kappa shape index (κ2) is 7.04. The SMILES string of the molecule is O=C([O-])C[C@@H](NS(=O)(=O)c1ccc2ccccc2c1)c1ccccc1. The highest BCUT2D eigenvalue weighted by molar-refractivity contribution is 7.89. The molecule has 6 heteroatoms. The number of nitrogens with one attached hydrogen (secondary N) is 1. The molecule has 0 aliphatic carbocycles. The first kappa shape index (κ1) is 17.1. The van der Waals surface area contributed by atoms with Gasteiger partial charge in [-0.2, -0.15) is 0 Å². The molecule has 128 valence electrons. The third-order valence-electron chi connectivity index (χ3n) is 3.90. The quantitative estimate of drug-likeness (QED) is 0.733. The third kappa shape index (κ3) is 4.04. The van der Waals surface area contributed by atoms with E-state index in [0.717, 1.165) is 10.8 Å². The van der Waals surface area contributed by atoms with E-state index in [1.54, 1.807) is 42.5 Å². The number of sulfonamides is 1. The summed E-state index contributed by atoms with van der Waals surface area (Å²) < 4.78 is 27.9. The second-order valence-corrected chi connectivity index (χ2v) is 7.38. The maximum atomic E-state index is 12.7. The van der Waals surface area contributed by atoms with Gasteiger partial charge in [-0.25, -0.2) is 13.1 Å². The van der Waals surface area contributed by atoms with Crippen LogP contribution in [0.4, 0.5) is 0 Å². The molecule has 1 N–H and O–H groups in total. The average Bonchev–Trinajstić information content (AvgIpc) is 2.61. The van der Waals surface area contributed by atoms with Gasteiger partial charge in [-0.05, 0) is 28.5 Å². The molecule has 3 aromatic rings. The standard InChI is InChI=1S/C19H17NO4S/c21-19(22)13-18(15-7-2-1-3-8-15)20-25(23,24)17-11-10-14-6-4-5-9-16(14)12-17/h1-12,18,20H,13H2,(H,21,22)/p-1/t18-/m1/s1. The Balaban J connectivity index is 1.95. The van der Waals surface area contributed by atoms with Gasteiger partial charge in [0.25, 0.3) is 0 Å². The average molecular weight is 354 g/mol. The minimum atomic E-state index is -3.89. The third-order valence-corrected chi connectivity index (χ3v) is 5.37. The van der Waals surface area contributed by atoms with E-state index >= 15 is 0 Å². The molecule has 0 unspecified atom stereocenters. The predicted molar refractivity (Wildman–Crippen MR) is 93.1 cm³/mol. The van der Waals surface area contributed by atoms with E-state index in [2.05, 4.69) is 4.72 Å². The Kier molecular flexibility index (Phi) is 4.83. The maximum Gasteiger partial charge on any atom is 0.241 e. The molecule has 0 aliphatic heterocycles. The number of benzene rings is 3. The van der Waals surface area contributed by atoms with Crippen LogP contribution < -0.4 is 9.83 Å². The van der Waals surface area contributed by atoms with E-state index in [-0.39, 0.29) is 4.90 Å². The molecule has 3 aromatic carbocycles. The summed E-state index contributed by atoms with van der Waals surface area (Å²) in [6.45, 7) is 0. The minimum absolute atomic E-state index is 0.0884. The van der Waals surface area contributed by atoms with Crippen molar-refractivity contribution in [3.8, 4) is 0 Å². The summed E-state index contributed by atoms with van der Waals surface area (Å²) >= 11 is 0. The Morgan fingerprint density at radius 3 is 2.24 bits per heavy atom. The fourth-order valence-corrected chi connectivity index (χ4v) is 3.93. The van der Waals surface area contributed by atoms with Crippen LogP contribution in [0.25, 0.3) is 10.8 Å². The Morgan fingerprint density at radius 1 is 0.920 bits per heavy atom. The van der Waals surface area contributed by atoms with Crippen LogP contribution in [0.15, 0.2) is 77.7 Å². The van der Waals surface area contributed by atoms with E-state index in [0.29, 0.717) is 5.56 Å². The summed E-state index contributed by atoms with van der Waals surface area (Å²) in [5, 5.41) is 12.8. The van der Waals surface area contributed by atoms with Gasteiger partial charge >= 0.3 is 0 Å². The van der Waals surface area contributed by atoms with E-state index in [1.165, 1.54) is 6.07 Å². The molecule has 0 bridgehead atoms. The summed E-state index contributed by atoms with van der Waals surface area (Å²) in [5.74, 6) is -1.32. The van der Waals surface area contributed by atoms with Gasteiger partial charge in [-0.3, -0.25) is 0 Å². The molecule has 25 heavy (non-hydrogen) atoms. The molecule has 0 aromatic heterocycles. The monoisotopic (exact) mass is 354 g/mol. The van der Waals surface area contributed by atoms with Gasteiger partial charge in [0.05, 0.1) is 10.9 Å². The van der Waals surface area contributed by atoms with Gasteiger partial charge in [0.15, 0.2) is 0 Å². The van der Waals surface area contributed by atoms with Gasteiger partial charge in [-0.15, -0.1) is 0 Å². The lowest BCUT2D eigenvalue weighted by molar-refractivity contribution is -0.306. The number of carboxylic acids is 1. The fourth-order valence-electron chi connectivity index (χ4n) is 2.67. The van der Waals surface area contributed by atoms with E-state index in [4.69, 9.17) is 0 Å². The van der Waals surface area contributed by atoms with Crippen molar-refractivity contribution in [3.63, 3.8) is 0 Å². The molecule has 0 radical (unpaired) electrons. The zero-order valence-corrected chi connectivity index (χ0v) is 14.1. The summed E-state index contributed by atoms with van der Waals surface area (Å²) in [7, 11) is -3.89. The van der Waals surface area contributed by atoms with Gasteiger partial charge < -0.3 is 9.90 Å². The number of aliphatic carboxylic acids is 1. The number of fused-ring (bicyclic) bond motifs is 1. The van der Waals surface area contributed by atoms with Crippen LogP contribution >= 0.6 is 0 Å². The molecule has 0 heterocycles. The highest BCUT2D eigenvalue weighted by Gasteiger charge is 2.21. The Bertz CT molecular complexity index is 1000. The van der Waals surface area contributed by atoms with Crippen LogP contribution in [0.1, 0.15) is 18.0 Å². The van der Waals surface area contributed by atoms with Crippen molar-refractivity contribution in [2.24, 2.45) is 0 Å². The molecule has 0 fully saturated rings. The van der Waals surface area contributed by atoms with Gasteiger partial charge in [0.2, 0.25) is 10.0 Å². The van der Waals surface area contributed by atoms with Gasteiger partial charge in [0.1, 0.15) is 0 Å². The van der Waals surface area contributed by atoms with Crippen LogP contribution in [-0.2, 0) is 14.8 Å². The molecule has 0 saturated heterocycles.